The van der Waals surface area contributed by atoms with Gasteiger partial charge in [0.25, 0.3) is 5.91 Å². The maximum Gasteiger partial charge on any atom is 0.405 e. The molecule has 5 N–H and O–H groups in total. The fraction of sp³-hybridized carbons (Fsp3) is 0.417. The van der Waals surface area contributed by atoms with Crippen LogP contribution in [0, 0.1) is 0 Å². The number of nitrogens with zero attached hydrogens (tertiary/aromatic N) is 1. The second kappa shape index (κ2) is 5.86. The molecule has 3 rings (SSSR count). The van der Waals surface area contributed by atoms with Gasteiger partial charge in [0.15, 0.2) is 0 Å². The molecular weight excluding hydrogens is 406 g/mol. The Morgan fingerprint density at radius 1 is 1.54 bits per heavy atom. The van der Waals surface area contributed by atoms with Gasteiger partial charge in [0, 0.05) is 23.5 Å². The predicted octanol–water partition coefficient (Wildman–Crippen LogP) is -2.52. The highest BCUT2D eigenvalue weighted by atomic mass is 79.9. The molecule has 0 bridgehead atoms. The van der Waals surface area contributed by atoms with Gasteiger partial charge in [-0.1, -0.05) is 0 Å². The van der Waals surface area contributed by atoms with Crippen molar-refractivity contribution in [3.63, 3.8) is 0 Å². The summed E-state index contributed by atoms with van der Waals surface area (Å²) in [7, 11) is -4.37. The Bertz CT molecular complexity index is 861. The van der Waals surface area contributed by atoms with Crippen LogP contribution in [0.5, 0.6) is 0 Å². The van der Waals surface area contributed by atoms with Crippen molar-refractivity contribution in [1.29, 1.82) is 0 Å². The van der Waals surface area contributed by atoms with E-state index in [9.17, 15) is 17.8 Å². The van der Waals surface area contributed by atoms with Crippen molar-refractivity contribution < 1.29 is 27.5 Å². The third kappa shape index (κ3) is 3.03. The quantitative estimate of drug-likeness (QED) is 0.394. The average Bonchev–Trinajstić information content (AvgIpc) is 2.96. The molecule has 0 radical (unpaired) electrons. The zero-order chi connectivity index (χ0) is 17.5. The van der Waals surface area contributed by atoms with E-state index < -0.39 is 21.5 Å². The number of rotatable bonds is 3. The smallest absolute Gasteiger partial charge is 0.405 e. The second-order valence-electron chi connectivity index (χ2n) is 5.33. The summed E-state index contributed by atoms with van der Waals surface area (Å²) in [4.78, 5) is 21.9. The molecule has 2 aliphatic rings. The largest absolute Gasteiger partial charge is 0.748 e. The summed E-state index contributed by atoms with van der Waals surface area (Å²) >= 11 is 3.28. The summed E-state index contributed by atoms with van der Waals surface area (Å²) in [6.45, 7) is 0.151. The zero-order valence-corrected chi connectivity index (χ0v) is 14.7. The number of H-pyrrole nitrogens is 1. The van der Waals surface area contributed by atoms with Gasteiger partial charge >= 0.3 is 11.9 Å². The number of ether oxygens (including phenoxy) is 1. The molecule has 1 unspecified atom stereocenters. The normalized spacial score (nSPS) is 25.2. The standard InChI is InChI=1S/C12H14BrN5O5S/c13-7-5-6-8(17-7)9(19)15-2-1-12(6)10(18-11(14)23-12)16-3-4-24(20,21)22/h5,17H,1-4H2,(H,15,19)(H2,14,16,18)(H,20,21,22). The first-order valence-corrected chi connectivity index (χ1v) is 9.33. The molecule has 12 heteroatoms. The molecule has 3 heterocycles. The molecule has 0 aliphatic carbocycles. The van der Waals surface area contributed by atoms with Gasteiger partial charge in [-0.15, -0.1) is 0 Å². The lowest BCUT2D eigenvalue weighted by Gasteiger charge is -2.22. The minimum atomic E-state index is -4.37. The molecule has 1 atom stereocenters. The van der Waals surface area contributed by atoms with Crippen LogP contribution in [0.1, 0.15) is 22.5 Å². The molecule has 10 nitrogen and oxygen atoms in total. The SMILES string of the molecule is NC1=NC(=[NH+]CCS(=O)(=O)[O-])C2(CCNC(=O)c3[nH]c(Br)cc32)O1. The zero-order valence-electron chi connectivity index (χ0n) is 12.3. The number of amides is 1. The second-order valence-corrected chi connectivity index (χ2v) is 7.71. The number of fused-ring (bicyclic) bond motifs is 2. The lowest BCUT2D eigenvalue weighted by atomic mass is 9.90. The molecule has 130 valence electrons. The Balaban J connectivity index is 2.05. The highest BCUT2D eigenvalue weighted by molar-refractivity contribution is 9.10. The van der Waals surface area contributed by atoms with Crippen LogP contribution in [-0.2, 0) is 20.5 Å². The van der Waals surface area contributed by atoms with Crippen LogP contribution in [0.3, 0.4) is 0 Å². The van der Waals surface area contributed by atoms with Crippen molar-refractivity contribution in [2.75, 3.05) is 18.8 Å². The van der Waals surface area contributed by atoms with Crippen LogP contribution in [0.2, 0.25) is 0 Å². The summed E-state index contributed by atoms with van der Waals surface area (Å²) in [6, 6.07) is 1.57. The summed E-state index contributed by atoms with van der Waals surface area (Å²) in [5.41, 5.74) is 5.35. The van der Waals surface area contributed by atoms with Crippen molar-refractivity contribution in [1.82, 2.24) is 10.3 Å². The first-order valence-electron chi connectivity index (χ1n) is 6.96. The number of aliphatic imine (C=N–C) groups is 1. The summed E-state index contributed by atoms with van der Waals surface area (Å²) < 4.78 is 38.6. The van der Waals surface area contributed by atoms with E-state index in [1.165, 1.54) is 0 Å². The maximum atomic E-state index is 12.2. The Morgan fingerprint density at radius 3 is 3.00 bits per heavy atom. The highest BCUT2D eigenvalue weighted by Crippen LogP contribution is 2.38. The van der Waals surface area contributed by atoms with E-state index in [4.69, 9.17) is 10.5 Å². The van der Waals surface area contributed by atoms with Gasteiger partial charge in [-0.25, -0.2) is 8.42 Å². The molecule has 1 aromatic heterocycles. The van der Waals surface area contributed by atoms with Gasteiger partial charge in [0.05, 0.1) is 27.0 Å². The Morgan fingerprint density at radius 2 is 2.29 bits per heavy atom. The van der Waals surface area contributed by atoms with E-state index in [1.807, 2.05) is 0 Å². The molecule has 1 spiro atoms. The number of aromatic nitrogens is 1. The lowest BCUT2D eigenvalue weighted by molar-refractivity contribution is -0.457. The number of carbonyl (C=O) groups is 1. The number of halogens is 1. The Hall–Kier alpha value is -1.92. The van der Waals surface area contributed by atoms with Gasteiger partial charge in [-0.3, -0.25) is 9.79 Å². The molecular formula is C12H14BrN5O5S. The van der Waals surface area contributed by atoms with Crippen molar-refractivity contribution in [3.05, 3.63) is 21.9 Å². The molecule has 0 aromatic carbocycles. The van der Waals surface area contributed by atoms with E-state index in [0.29, 0.717) is 28.8 Å². The van der Waals surface area contributed by atoms with E-state index >= 15 is 0 Å². The first-order chi connectivity index (χ1) is 11.2. The van der Waals surface area contributed by atoms with Crippen LogP contribution in [0.15, 0.2) is 15.7 Å². The number of aromatic amines is 1. The average molecular weight is 420 g/mol. The molecule has 0 saturated heterocycles. The fourth-order valence-corrected chi connectivity index (χ4v) is 3.55. The molecule has 0 fully saturated rings. The van der Waals surface area contributed by atoms with Crippen molar-refractivity contribution in [2.45, 2.75) is 12.0 Å². The minimum absolute atomic E-state index is 0.111. The maximum absolute atomic E-state index is 12.2. The van der Waals surface area contributed by atoms with Crippen LogP contribution in [0.4, 0.5) is 0 Å². The van der Waals surface area contributed by atoms with Crippen LogP contribution in [-0.4, -0.2) is 54.6 Å². The van der Waals surface area contributed by atoms with Crippen LogP contribution in [0.25, 0.3) is 0 Å². The Labute approximate surface area is 145 Å². The molecule has 0 saturated carbocycles. The number of hydrogen-bond donors (Lipinski definition) is 4. The topological polar surface area (TPSA) is 164 Å². The summed E-state index contributed by atoms with van der Waals surface area (Å²) in [5.74, 6) is -0.654. The van der Waals surface area contributed by atoms with Crippen LogP contribution >= 0.6 is 15.9 Å². The minimum Gasteiger partial charge on any atom is -0.748 e. The third-order valence-electron chi connectivity index (χ3n) is 3.74. The van der Waals surface area contributed by atoms with E-state index in [-0.39, 0.29) is 24.3 Å². The monoisotopic (exact) mass is 419 g/mol. The van der Waals surface area contributed by atoms with Gasteiger partial charge < -0.3 is 25.3 Å². The van der Waals surface area contributed by atoms with Gasteiger partial charge in [0.1, 0.15) is 5.69 Å². The number of nitrogens with two attached hydrogens (primary N) is 1. The van der Waals surface area contributed by atoms with Gasteiger partial charge in [-0.2, -0.15) is 0 Å². The molecule has 2 aliphatic heterocycles. The van der Waals surface area contributed by atoms with E-state index in [1.54, 1.807) is 6.07 Å². The molecule has 1 amide bonds. The highest BCUT2D eigenvalue weighted by Gasteiger charge is 2.55. The number of carbonyl (C=O) groups excluding carboxylic acids is 1. The predicted molar refractivity (Wildman–Crippen MR) is 85.2 cm³/mol. The van der Waals surface area contributed by atoms with Crippen LogP contribution < -0.4 is 16.0 Å². The molecule has 24 heavy (non-hydrogen) atoms. The Kier molecular flexibility index (Phi) is 4.13. The van der Waals surface area contributed by atoms with Crippen molar-refractivity contribution >= 4 is 43.8 Å². The number of nitrogens with one attached hydrogen (secondary N) is 3. The van der Waals surface area contributed by atoms with Gasteiger partial charge in [-0.05, 0) is 22.0 Å². The summed E-state index contributed by atoms with van der Waals surface area (Å²) in [6.07, 6.45) is 0.326. The number of amidine groups is 2. The summed E-state index contributed by atoms with van der Waals surface area (Å²) in [5, 5.41) is 2.73. The lowest BCUT2D eigenvalue weighted by Crippen LogP contribution is -2.77. The third-order valence-corrected chi connectivity index (χ3v) is 4.87. The van der Waals surface area contributed by atoms with E-state index in [2.05, 4.69) is 36.2 Å². The van der Waals surface area contributed by atoms with Crippen molar-refractivity contribution in [3.8, 4) is 0 Å². The first kappa shape index (κ1) is 16.9. The fourth-order valence-electron chi connectivity index (χ4n) is 2.77. The van der Waals surface area contributed by atoms with Crippen molar-refractivity contribution in [2.24, 2.45) is 10.7 Å². The molecule has 1 aromatic rings. The number of hydrogen-bond acceptors (Lipinski definition) is 6. The van der Waals surface area contributed by atoms with E-state index in [0.717, 1.165) is 0 Å². The van der Waals surface area contributed by atoms with Gasteiger partial charge in [0.2, 0.25) is 5.60 Å².